The second kappa shape index (κ2) is 8.77. The lowest BCUT2D eigenvalue weighted by atomic mass is 10.2. The maximum Gasteiger partial charge on any atom is 0.260 e. The summed E-state index contributed by atoms with van der Waals surface area (Å²) in [5, 5.41) is 5.84. The fourth-order valence-corrected chi connectivity index (χ4v) is 3.34. The van der Waals surface area contributed by atoms with Gasteiger partial charge >= 0.3 is 0 Å². The summed E-state index contributed by atoms with van der Waals surface area (Å²) in [6.07, 6.45) is -0.00815. The van der Waals surface area contributed by atoms with Crippen molar-refractivity contribution in [3.05, 3.63) is 71.0 Å². The first kappa shape index (κ1) is 19.0. The van der Waals surface area contributed by atoms with Crippen molar-refractivity contribution in [2.45, 2.75) is 26.4 Å². The summed E-state index contributed by atoms with van der Waals surface area (Å²) in [5.41, 5.74) is 3.26. The Morgan fingerprint density at radius 3 is 2.59 bits per heavy atom. The molecule has 0 bridgehead atoms. The van der Waals surface area contributed by atoms with Crippen LogP contribution in [0.1, 0.15) is 18.2 Å². The third-order valence-electron chi connectivity index (χ3n) is 4.03. The molecule has 0 aliphatic carbocycles. The third kappa shape index (κ3) is 5.37. The highest BCUT2D eigenvalue weighted by Gasteiger charge is 2.14. The lowest BCUT2D eigenvalue weighted by molar-refractivity contribution is -0.127. The number of amides is 1. The Hall–Kier alpha value is -2.73. The smallest absolute Gasteiger partial charge is 0.260 e. The molecule has 2 aromatic carbocycles. The SMILES string of the molecule is Cc1ccc(-c2nc(CCNC(=O)C(C)Oc3ccc(F)cc3)cs2)cc1. The van der Waals surface area contributed by atoms with E-state index in [1.165, 1.54) is 29.8 Å². The zero-order chi connectivity index (χ0) is 19.2. The van der Waals surface area contributed by atoms with E-state index in [9.17, 15) is 9.18 Å². The number of nitrogens with zero attached hydrogens (tertiary/aromatic N) is 1. The van der Waals surface area contributed by atoms with Gasteiger partial charge < -0.3 is 10.1 Å². The highest BCUT2D eigenvalue weighted by atomic mass is 32.1. The Labute approximate surface area is 162 Å². The summed E-state index contributed by atoms with van der Waals surface area (Å²) in [6, 6.07) is 13.9. The monoisotopic (exact) mass is 384 g/mol. The van der Waals surface area contributed by atoms with Gasteiger partial charge in [-0.25, -0.2) is 9.37 Å². The molecule has 1 amide bonds. The summed E-state index contributed by atoms with van der Waals surface area (Å²) >= 11 is 1.60. The van der Waals surface area contributed by atoms with E-state index in [0.29, 0.717) is 18.7 Å². The Morgan fingerprint density at radius 1 is 1.19 bits per heavy atom. The van der Waals surface area contributed by atoms with Crippen LogP contribution < -0.4 is 10.1 Å². The van der Waals surface area contributed by atoms with Gasteiger partial charge in [-0.15, -0.1) is 11.3 Å². The van der Waals surface area contributed by atoms with Crippen molar-refractivity contribution in [3.8, 4) is 16.3 Å². The molecule has 0 radical (unpaired) electrons. The zero-order valence-corrected chi connectivity index (χ0v) is 16.1. The normalized spacial score (nSPS) is 11.8. The van der Waals surface area contributed by atoms with Crippen LogP contribution in [0.5, 0.6) is 5.75 Å². The van der Waals surface area contributed by atoms with Gasteiger partial charge in [0.25, 0.3) is 5.91 Å². The van der Waals surface area contributed by atoms with E-state index in [1.54, 1.807) is 18.3 Å². The molecule has 3 rings (SSSR count). The van der Waals surface area contributed by atoms with Crippen LogP contribution in [0.4, 0.5) is 4.39 Å². The summed E-state index contributed by atoms with van der Waals surface area (Å²) < 4.78 is 18.4. The standard InChI is InChI=1S/C21H21FN2O2S/c1-14-3-5-16(6-4-14)21-24-18(13-27-21)11-12-23-20(25)15(2)26-19-9-7-17(22)8-10-19/h3-10,13,15H,11-12H2,1-2H3,(H,23,25). The fraction of sp³-hybridized carbons (Fsp3) is 0.238. The number of rotatable bonds is 7. The fourth-order valence-electron chi connectivity index (χ4n) is 2.48. The van der Waals surface area contributed by atoms with Crippen LogP contribution in [-0.2, 0) is 11.2 Å². The average Bonchev–Trinajstić information content (AvgIpc) is 3.13. The minimum absolute atomic E-state index is 0.215. The highest BCUT2D eigenvalue weighted by molar-refractivity contribution is 7.13. The first-order valence-electron chi connectivity index (χ1n) is 8.72. The Bertz CT molecular complexity index is 891. The summed E-state index contributed by atoms with van der Waals surface area (Å²) in [4.78, 5) is 16.8. The van der Waals surface area contributed by atoms with Gasteiger partial charge in [0.2, 0.25) is 0 Å². The van der Waals surface area contributed by atoms with E-state index in [1.807, 2.05) is 5.38 Å². The minimum atomic E-state index is -0.658. The third-order valence-corrected chi connectivity index (χ3v) is 4.97. The zero-order valence-electron chi connectivity index (χ0n) is 15.2. The number of nitrogens with one attached hydrogen (secondary N) is 1. The Kier molecular flexibility index (Phi) is 6.19. The molecule has 0 spiro atoms. The van der Waals surface area contributed by atoms with Crippen LogP contribution in [0.25, 0.3) is 10.6 Å². The van der Waals surface area contributed by atoms with Crippen molar-refractivity contribution in [2.75, 3.05) is 6.54 Å². The van der Waals surface area contributed by atoms with Crippen LogP contribution in [-0.4, -0.2) is 23.5 Å². The average molecular weight is 384 g/mol. The van der Waals surface area contributed by atoms with Crippen LogP contribution >= 0.6 is 11.3 Å². The molecule has 0 fully saturated rings. The molecule has 1 aromatic heterocycles. The lowest BCUT2D eigenvalue weighted by Gasteiger charge is -2.14. The molecule has 27 heavy (non-hydrogen) atoms. The van der Waals surface area contributed by atoms with Crippen molar-refractivity contribution in [1.29, 1.82) is 0 Å². The molecule has 4 nitrogen and oxygen atoms in total. The first-order valence-corrected chi connectivity index (χ1v) is 9.60. The molecule has 0 aliphatic heterocycles. The quantitative estimate of drug-likeness (QED) is 0.658. The number of hydrogen-bond donors (Lipinski definition) is 1. The molecule has 140 valence electrons. The molecular formula is C21H21FN2O2S. The number of carbonyl (C=O) groups excluding carboxylic acids is 1. The Morgan fingerprint density at radius 2 is 1.89 bits per heavy atom. The summed E-state index contributed by atoms with van der Waals surface area (Å²) in [6.45, 7) is 4.20. The predicted molar refractivity (Wildman–Crippen MR) is 105 cm³/mol. The number of hydrogen-bond acceptors (Lipinski definition) is 4. The topological polar surface area (TPSA) is 51.2 Å². The van der Waals surface area contributed by atoms with E-state index < -0.39 is 6.10 Å². The molecule has 1 N–H and O–H groups in total. The van der Waals surface area contributed by atoms with Gasteiger partial charge in [-0.1, -0.05) is 29.8 Å². The summed E-state index contributed by atoms with van der Waals surface area (Å²) in [5.74, 6) is -0.0951. The molecule has 0 saturated heterocycles. The van der Waals surface area contributed by atoms with Gasteiger partial charge in [0.05, 0.1) is 5.69 Å². The number of halogens is 1. The number of thiazole rings is 1. The van der Waals surface area contributed by atoms with Crippen molar-refractivity contribution in [3.63, 3.8) is 0 Å². The Balaban J connectivity index is 1.47. The van der Waals surface area contributed by atoms with Gasteiger partial charge in [0.15, 0.2) is 6.10 Å². The van der Waals surface area contributed by atoms with Crippen molar-refractivity contribution in [1.82, 2.24) is 10.3 Å². The maximum atomic E-state index is 12.9. The minimum Gasteiger partial charge on any atom is -0.481 e. The van der Waals surface area contributed by atoms with Gasteiger partial charge in [0, 0.05) is 23.9 Å². The van der Waals surface area contributed by atoms with E-state index in [2.05, 4.69) is 41.5 Å². The molecule has 1 unspecified atom stereocenters. The largest absolute Gasteiger partial charge is 0.481 e. The molecule has 0 saturated carbocycles. The maximum absolute atomic E-state index is 12.9. The molecule has 3 aromatic rings. The van der Waals surface area contributed by atoms with Gasteiger partial charge in [-0.3, -0.25) is 4.79 Å². The van der Waals surface area contributed by atoms with E-state index >= 15 is 0 Å². The number of carbonyl (C=O) groups is 1. The van der Waals surface area contributed by atoms with E-state index in [0.717, 1.165) is 16.3 Å². The highest BCUT2D eigenvalue weighted by Crippen LogP contribution is 2.24. The number of aromatic nitrogens is 1. The van der Waals surface area contributed by atoms with Crippen molar-refractivity contribution in [2.24, 2.45) is 0 Å². The van der Waals surface area contributed by atoms with Gasteiger partial charge in [0.1, 0.15) is 16.6 Å². The summed E-state index contributed by atoms with van der Waals surface area (Å²) in [7, 11) is 0. The second-order valence-electron chi connectivity index (χ2n) is 6.27. The van der Waals surface area contributed by atoms with Gasteiger partial charge in [-0.2, -0.15) is 0 Å². The number of aryl methyl sites for hydroxylation is 1. The van der Waals surface area contributed by atoms with Crippen LogP contribution in [0.2, 0.25) is 0 Å². The second-order valence-corrected chi connectivity index (χ2v) is 7.12. The number of ether oxygens (including phenoxy) is 1. The van der Waals surface area contributed by atoms with E-state index in [-0.39, 0.29) is 11.7 Å². The number of benzene rings is 2. The molecule has 1 heterocycles. The molecular weight excluding hydrogens is 363 g/mol. The molecule has 1 atom stereocenters. The molecule has 0 aliphatic rings. The van der Waals surface area contributed by atoms with E-state index in [4.69, 9.17) is 4.74 Å². The lowest BCUT2D eigenvalue weighted by Crippen LogP contribution is -2.37. The van der Waals surface area contributed by atoms with Crippen LogP contribution in [0.15, 0.2) is 53.9 Å². The first-order chi connectivity index (χ1) is 13.0. The van der Waals surface area contributed by atoms with Gasteiger partial charge in [-0.05, 0) is 38.1 Å². The van der Waals surface area contributed by atoms with Crippen molar-refractivity contribution >= 4 is 17.2 Å². The van der Waals surface area contributed by atoms with Crippen LogP contribution in [0.3, 0.4) is 0 Å². The molecule has 6 heteroatoms. The van der Waals surface area contributed by atoms with Crippen LogP contribution in [0, 0.1) is 12.7 Å². The van der Waals surface area contributed by atoms with Crippen molar-refractivity contribution < 1.29 is 13.9 Å². The predicted octanol–water partition coefficient (Wildman–Crippen LogP) is 4.38.